The van der Waals surface area contributed by atoms with Crippen molar-refractivity contribution >= 4 is 0 Å². The molecule has 2 aromatic carbocycles. The van der Waals surface area contributed by atoms with Gasteiger partial charge in [0, 0.05) is 0 Å². The molecule has 0 aliphatic rings. The van der Waals surface area contributed by atoms with Gasteiger partial charge < -0.3 is 4.74 Å². The van der Waals surface area contributed by atoms with Gasteiger partial charge in [0.25, 0.3) is 0 Å². The summed E-state index contributed by atoms with van der Waals surface area (Å²) in [6.45, 7) is 4.60. The minimum Gasteiger partial charge on any atom is -0.457 e. The van der Waals surface area contributed by atoms with E-state index in [0.29, 0.717) is 0 Å². The van der Waals surface area contributed by atoms with Crippen LogP contribution in [0.4, 0.5) is 0 Å². The molecule has 0 fully saturated rings. The Morgan fingerprint density at radius 1 is 0.289 bits per heavy atom. The van der Waals surface area contributed by atoms with Crippen molar-refractivity contribution in [2.75, 3.05) is 0 Å². The zero-order valence-corrected chi connectivity index (χ0v) is 30.2. The molecule has 45 heavy (non-hydrogen) atoms. The van der Waals surface area contributed by atoms with Crippen LogP contribution in [0.15, 0.2) is 48.5 Å². The van der Waals surface area contributed by atoms with Crippen LogP contribution in [-0.2, 0) is 12.8 Å². The Bertz CT molecular complexity index is 793. The fraction of sp³-hybridized carbons (Fsp3) is 0.727. The highest BCUT2D eigenvalue weighted by atomic mass is 16.5. The lowest BCUT2D eigenvalue weighted by molar-refractivity contribution is 0.482. The predicted octanol–water partition coefficient (Wildman–Crippen LogP) is 15.5. The maximum atomic E-state index is 6.14. The zero-order chi connectivity index (χ0) is 31.9. The van der Waals surface area contributed by atoms with E-state index in [2.05, 4.69) is 62.4 Å². The highest BCUT2D eigenvalue weighted by molar-refractivity contribution is 5.34. The first kappa shape index (κ1) is 39.4. The van der Waals surface area contributed by atoms with Crippen molar-refractivity contribution in [2.24, 2.45) is 0 Å². The molecule has 0 saturated carbocycles. The average Bonchev–Trinajstić information content (AvgIpc) is 3.06. The van der Waals surface area contributed by atoms with Crippen LogP contribution in [0, 0.1) is 0 Å². The number of aryl methyl sites for hydroxylation is 2. The van der Waals surface area contributed by atoms with Gasteiger partial charge in [-0.15, -0.1) is 0 Å². The Kier molecular flexibility index (Phi) is 26.0. The van der Waals surface area contributed by atoms with Crippen LogP contribution in [-0.4, -0.2) is 0 Å². The first-order valence-electron chi connectivity index (χ1n) is 20.2. The second-order valence-electron chi connectivity index (χ2n) is 14.1. The lowest BCUT2D eigenvalue weighted by Gasteiger charge is -2.08. The highest BCUT2D eigenvalue weighted by Gasteiger charge is 2.01. The van der Waals surface area contributed by atoms with Gasteiger partial charge in [-0.3, -0.25) is 0 Å². The maximum absolute atomic E-state index is 6.14. The van der Waals surface area contributed by atoms with Gasteiger partial charge in [0.2, 0.25) is 0 Å². The summed E-state index contributed by atoms with van der Waals surface area (Å²) in [6, 6.07) is 17.6. The lowest BCUT2D eigenvalue weighted by atomic mass is 10.0. The topological polar surface area (TPSA) is 9.23 Å². The second kappa shape index (κ2) is 29.6. The van der Waals surface area contributed by atoms with Crippen molar-refractivity contribution in [3.05, 3.63) is 59.7 Å². The van der Waals surface area contributed by atoms with Crippen LogP contribution in [0.25, 0.3) is 0 Å². The third-order valence-electron chi connectivity index (χ3n) is 9.72. The molecule has 0 unspecified atom stereocenters. The van der Waals surface area contributed by atoms with Crippen molar-refractivity contribution in [3.8, 4) is 11.5 Å². The van der Waals surface area contributed by atoms with E-state index >= 15 is 0 Å². The summed E-state index contributed by atoms with van der Waals surface area (Å²) in [4.78, 5) is 0. The number of hydrogen-bond donors (Lipinski definition) is 0. The monoisotopic (exact) mass is 619 g/mol. The van der Waals surface area contributed by atoms with E-state index in [9.17, 15) is 0 Å². The summed E-state index contributed by atoms with van der Waals surface area (Å²) in [5.41, 5.74) is 2.87. The van der Waals surface area contributed by atoms with E-state index in [1.807, 2.05) is 0 Å². The molecule has 0 aliphatic heterocycles. The van der Waals surface area contributed by atoms with Gasteiger partial charge >= 0.3 is 0 Å². The molecule has 1 heteroatoms. The number of rotatable bonds is 32. The van der Waals surface area contributed by atoms with Crippen LogP contribution in [0.3, 0.4) is 0 Å². The second-order valence-corrected chi connectivity index (χ2v) is 14.1. The molecule has 0 bridgehead atoms. The maximum Gasteiger partial charge on any atom is 0.127 e. The Labute approximate surface area is 281 Å². The van der Waals surface area contributed by atoms with Gasteiger partial charge in [-0.05, 0) is 61.1 Å². The summed E-state index contributed by atoms with van der Waals surface area (Å²) < 4.78 is 6.14. The third kappa shape index (κ3) is 23.2. The Morgan fingerprint density at radius 2 is 0.511 bits per heavy atom. The molecule has 0 amide bonds. The summed E-state index contributed by atoms with van der Waals surface area (Å²) in [6.07, 6.45) is 42.1. The molecule has 0 aromatic heterocycles. The molecule has 1 nitrogen and oxygen atoms in total. The summed E-state index contributed by atoms with van der Waals surface area (Å²) >= 11 is 0. The fourth-order valence-corrected chi connectivity index (χ4v) is 6.63. The molecule has 0 saturated heterocycles. The zero-order valence-electron chi connectivity index (χ0n) is 30.2. The van der Waals surface area contributed by atoms with Gasteiger partial charge in [0.05, 0.1) is 0 Å². The quantitative estimate of drug-likeness (QED) is 0.0741. The van der Waals surface area contributed by atoms with Gasteiger partial charge in [0.1, 0.15) is 11.5 Å². The number of hydrogen-bond acceptors (Lipinski definition) is 1. The largest absolute Gasteiger partial charge is 0.457 e. The van der Waals surface area contributed by atoms with Crippen LogP contribution < -0.4 is 4.74 Å². The first-order valence-corrected chi connectivity index (χ1v) is 20.2. The Morgan fingerprint density at radius 3 is 0.756 bits per heavy atom. The molecule has 0 heterocycles. The molecule has 256 valence electrons. The summed E-state index contributed by atoms with van der Waals surface area (Å²) in [7, 11) is 0. The van der Waals surface area contributed by atoms with E-state index in [4.69, 9.17) is 4.74 Å². The van der Waals surface area contributed by atoms with E-state index in [0.717, 1.165) is 11.5 Å². The van der Waals surface area contributed by atoms with E-state index in [1.165, 1.54) is 204 Å². The fourth-order valence-electron chi connectivity index (χ4n) is 6.63. The molecule has 0 N–H and O–H groups in total. The van der Waals surface area contributed by atoms with E-state index < -0.39 is 0 Å². The Balaban J connectivity index is 1.41. The van der Waals surface area contributed by atoms with Gasteiger partial charge in [-0.1, -0.05) is 205 Å². The lowest BCUT2D eigenvalue weighted by Crippen LogP contribution is -1.90. The molecule has 0 aliphatic carbocycles. The van der Waals surface area contributed by atoms with E-state index in [1.54, 1.807) is 0 Å². The minimum absolute atomic E-state index is 0.944. The first-order chi connectivity index (χ1) is 22.3. The van der Waals surface area contributed by atoms with Crippen molar-refractivity contribution in [3.63, 3.8) is 0 Å². The normalized spacial score (nSPS) is 11.3. The molecular formula is C44H74O. The SMILES string of the molecule is CCCCCCCCCCCCCCCCc1ccc(Oc2ccc(CCCCCCCCCCCCCCCC)cc2)cc1. The minimum atomic E-state index is 0.944. The summed E-state index contributed by atoms with van der Waals surface area (Å²) in [5, 5.41) is 0. The number of ether oxygens (including phenoxy) is 1. The predicted molar refractivity (Wildman–Crippen MR) is 201 cm³/mol. The van der Waals surface area contributed by atoms with Gasteiger partial charge in [0.15, 0.2) is 0 Å². The molecule has 2 aromatic rings. The van der Waals surface area contributed by atoms with Crippen molar-refractivity contribution in [2.45, 2.75) is 206 Å². The molecule has 2 rings (SSSR count). The van der Waals surface area contributed by atoms with Crippen LogP contribution in [0.1, 0.15) is 205 Å². The van der Waals surface area contributed by atoms with E-state index in [-0.39, 0.29) is 0 Å². The van der Waals surface area contributed by atoms with Crippen LogP contribution >= 0.6 is 0 Å². The average molecular weight is 619 g/mol. The number of benzene rings is 2. The molecule has 0 atom stereocenters. The van der Waals surface area contributed by atoms with Crippen molar-refractivity contribution in [1.29, 1.82) is 0 Å². The molecule has 0 radical (unpaired) electrons. The van der Waals surface area contributed by atoms with Crippen molar-refractivity contribution in [1.82, 2.24) is 0 Å². The van der Waals surface area contributed by atoms with Crippen molar-refractivity contribution < 1.29 is 4.74 Å². The summed E-state index contributed by atoms with van der Waals surface area (Å²) in [5.74, 6) is 1.89. The third-order valence-corrected chi connectivity index (χ3v) is 9.72. The van der Waals surface area contributed by atoms with Gasteiger partial charge in [-0.25, -0.2) is 0 Å². The highest BCUT2D eigenvalue weighted by Crippen LogP contribution is 2.24. The van der Waals surface area contributed by atoms with Crippen LogP contribution in [0.2, 0.25) is 0 Å². The molecule has 0 spiro atoms. The Hall–Kier alpha value is -1.76. The molecular weight excluding hydrogens is 544 g/mol. The smallest absolute Gasteiger partial charge is 0.127 e. The number of unbranched alkanes of at least 4 members (excludes halogenated alkanes) is 26. The van der Waals surface area contributed by atoms with Crippen LogP contribution in [0.5, 0.6) is 11.5 Å². The van der Waals surface area contributed by atoms with Gasteiger partial charge in [-0.2, -0.15) is 0 Å². The standard InChI is InChI=1S/C44H74O/c1-3-5-7-9-11-13-15-17-19-21-23-25-27-29-31-41-33-37-43(38-34-41)45-44-39-35-42(36-40-44)32-30-28-26-24-22-20-18-16-14-12-10-8-6-4-2/h33-40H,3-32H2,1-2H3.